The first-order chi connectivity index (χ1) is 13.1. The first-order valence-electron chi connectivity index (χ1n) is 8.46. The summed E-state index contributed by atoms with van der Waals surface area (Å²) in [5, 5.41) is 8.59. The quantitative estimate of drug-likeness (QED) is 0.758. The standard InChI is InChI=1S/C20H20F3NO4/c1-13(14-3-5-15(6-4-14)20(21,22)23)11-18(25)24(2)16-7-9-17(10-8-16)28-12-19(26)27/h3-10,13H,11-12H2,1-2H3,(H,26,27). The Bertz CT molecular complexity index is 817. The van der Waals surface area contributed by atoms with E-state index in [0.29, 0.717) is 17.0 Å². The number of aliphatic carboxylic acids is 1. The van der Waals surface area contributed by atoms with Crippen LogP contribution in [0.2, 0.25) is 0 Å². The van der Waals surface area contributed by atoms with E-state index in [1.165, 1.54) is 17.0 Å². The minimum Gasteiger partial charge on any atom is -0.482 e. The molecule has 0 heterocycles. The molecule has 0 aliphatic carbocycles. The largest absolute Gasteiger partial charge is 0.482 e. The number of anilines is 1. The Morgan fingerprint density at radius 1 is 1.07 bits per heavy atom. The number of hydrogen-bond acceptors (Lipinski definition) is 3. The van der Waals surface area contributed by atoms with Crippen LogP contribution in [0.3, 0.4) is 0 Å². The Morgan fingerprint density at radius 3 is 2.14 bits per heavy atom. The number of amides is 1. The molecule has 0 aliphatic heterocycles. The lowest BCUT2D eigenvalue weighted by atomic mass is 9.96. The van der Waals surface area contributed by atoms with Gasteiger partial charge < -0.3 is 14.7 Å². The van der Waals surface area contributed by atoms with Crippen molar-refractivity contribution in [2.75, 3.05) is 18.6 Å². The van der Waals surface area contributed by atoms with Crippen LogP contribution in [-0.4, -0.2) is 30.6 Å². The van der Waals surface area contributed by atoms with Gasteiger partial charge in [0.1, 0.15) is 5.75 Å². The van der Waals surface area contributed by atoms with Gasteiger partial charge in [0, 0.05) is 19.2 Å². The number of carbonyl (C=O) groups excluding carboxylic acids is 1. The first-order valence-corrected chi connectivity index (χ1v) is 8.46. The molecule has 0 radical (unpaired) electrons. The van der Waals surface area contributed by atoms with Crippen LogP contribution in [0.15, 0.2) is 48.5 Å². The lowest BCUT2D eigenvalue weighted by Crippen LogP contribution is -2.27. The highest BCUT2D eigenvalue weighted by Gasteiger charge is 2.30. The van der Waals surface area contributed by atoms with Crippen LogP contribution in [0, 0.1) is 0 Å². The zero-order valence-corrected chi connectivity index (χ0v) is 15.4. The van der Waals surface area contributed by atoms with E-state index in [4.69, 9.17) is 9.84 Å². The maximum atomic E-state index is 12.6. The second-order valence-electron chi connectivity index (χ2n) is 6.35. The molecule has 1 atom stereocenters. The van der Waals surface area contributed by atoms with Crippen LogP contribution in [0.1, 0.15) is 30.4 Å². The molecule has 2 aromatic rings. The molecule has 0 bridgehead atoms. The minimum absolute atomic E-state index is 0.124. The maximum absolute atomic E-state index is 12.6. The van der Waals surface area contributed by atoms with E-state index in [-0.39, 0.29) is 18.2 Å². The topological polar surface area (TPSA) is 66.8 Å². The van der Waals surface area contributed by atoms with Gasteiger partial charge in [-0.15, -0.1) is 0 Å². The van der Waals surface area contributed by atoms with Crippen molar-refractivity contribution < 1.29 is 32.6 Å². The Labute approximate surface area is 160 Å². The Balaban J connectivity index is 1.98. The molecule has 0 fully saturated rings. The molecule has 1 unspecified atom stereocenters. The summed E-state index contributed by atoms with van der Waals surface area (Å²) < 4.78 is 43.0. The van der Waals surface area contributed by atoms with Crippen molar-refractivity contribution in [2.45, 2.75) is 25.4 Å². The predicted octanol–water partition coefficient (Wildman–Crippen LogP) is 4.33. The molecule has 1 N–H and O–H groups in total. The van der Waals surface area contributed by atoms with E-state index in [1.54, 1.807) is 38.2 Å². The number of halogens is 3. The molecule has 1 amide bonds. The van der Waals surface area contributed by atoms with E-state index >= 15 is 0 Å². The Morgan fingerprint density at radius 2 is 1.64 bits per heavy atom. The smallest absolute Gasteiger partial charge is 0.416 e. The van der Waals surface area contributed by atoms with Crippen LogP contribution in [0.25, 0.3) is 0 Å². The van der Waals surface area contributed by atoms with E-state index in [0.717, 1.165) is 12.1 Å². The molecule has 5 nitrogen and oxygen atoms in total. The van der Waals surface area contributed by atoms with Crippen molar-refractivity contribution in [1.82, 2.24) is 0 Å². The Kier molecular flexibility index (Phi) is 6.66. The van der Waals surface area contributed by atoms with Gasteiger partial charge in [0.15, 0.2) is 6.61 Å². The van der Waals surface area contributed by atoms with Gasteiger partial charge in [0.05, 0.1) is 5.56 Å². The highest BCUT2D eigenvalue weighted by molar-refractivity contribution is 5.93. The fourth-order valence-electron chi connectivity index (χ4n) is 2.57. The number of nitrogens with zero attached hydrogens (tertiary/aromatic N) is 1. The molecule has 2 rings (SSSR count). The van der Waals surface area contributed by atoms with Gasteiger partial charge in [-0.05, 0) is 47.9 Å². The van der Waals surface area contributed by atoms with Crippen LogP contribution in [0.4, 0.5) is 18.9 Å². The minimum atomic E-state index is -4.39. The van der Waals surface area contributed by atoms with Gasteiger partial charge in [0.25, 0.3) is 0 Å². The van der Waals surface area contributed by atoms with Crippen LogP contribution in [-0.2, 0) is 15.8 Å². The number of carboxylic acid groups (broad SMARTS) is 1. The van der Waals surface area contributed by atoms with Crippen LogP contribution >= 0.6 is 0 Å². The van der Waals surface area contributed by atoms with Crippen molar-refractivity contribution in [3.8, 4) is 5.75 Å². The number of ether oxygens (including phenoxy) is 1. The van der Waals surface area contributed by atoms with Crippen molar-refractivity contribution >= 4 is 17.6 Å². The van der Waals surface area contributed by atoms with E-state index in [9.17, 15) is 22.8 Å². The third-order valence-corrected chi connectivity index (χ3v) is 4.25. The third-order valence-electron chi connectivity index (χ3n) is 4.25. The van der Waals surface area contributed by atoms with Crippen molar-refractivity contribution in [2.24, 2.45) is 0 Å². The number of benzene rings is 2. The first kappa shape index (κ1) is 21.3. The number of rotatable bonds is 7. The highest BCUT2D eigenvalue weighted by Crippen LogP contribution is 2.31. The summed E-state index contributed by atoms with van der Waals surface area (Å²) in [6.45, 7) is 1.32. The van der Waals surface area contributed by atoms with Crippen LogP contribution < -0.4 is 9.64 Å². The zero-order chi connectivity index (χ0) is 20.9. The number of alkyl halides is 3. The zero-order valence-electron chi connectivity index (χ0n) is 15.4. The van der Waals surface area contributed by atoms with E-state index < -0.39 is 24.3 Å². The molecular weight excluding hydrogens is 375 g/mol. The van der Waals surface area contributed by atoms with Gasteiger partial charge >= 0.3 is 12.1 Å². The lowest BCUT2D eigenvalue weighted by Gasteiger charge is -2.20. The van der Waals surface area contributed by atoms with Gasteiger partial charge in [-0.2, -0.15) is 13.2 Å². The maximum Gasteiger partial charge on any atom is 0.416 e. The molecule has 0 saturated carbocycles. The number of hydrogen-bond donors (Lipinski definition) is 1. The summed E-state index contributed by atoms with van der Waals surface area (Å²) in [4.78, 5) is 24.4. The second kappa shape index (κ2) is 8.77. The third kappa shape index (κ3) is 5.73. The molecule has 0 saturated heterocycles. The van der Waals surface area contributed by atoms with Crippen molar-refractivity contribution in [3.05, 3.63) is 59.7 Å². The predicted molar refractivity (Wildman–Crippen MR) is 97.5 cm³/mol. The molecule has 150 valence electrons. The highest BCUT2D eigenvalue weighted by atomic mass is 19.4. The summed E-state index contributed by atoms with van der Waals surface area (Å²) in [5.41, 5.74) is 0.511. The second-order valence-corrected chi connectivity index (χ2v) is 6.35. The average Bonchev–Trinajstić information content (AvgIpc) is 2.65. The summed E-state index contributed by atoms with van der Waals surface area (Å²) in [6, 6.07) is 11.1. The van der Waals surface area contributed by atoms with E-state index in [1.807, 2.05) is 0 Å². The fraction of sp³-hybridized carbons (Fsp3) is 0.300. The summed E-state index contributed by atoms with van der Waals surface area (Å²) in [7, 11) is 1.59. The molecule has 28 heavy (non-hydrogen) atoms. The van der Waals surface area contributed by atoms with Gasteiger partial charge in [-0.25, -0.2) is 4.79 Å². The van der Waals surface area contributed by atoms with Gasteiger partial charge in [-0.3, -0.25) is 4.79 Å². The molecule has 0 spiro atoms. The van der Waals surface area contributed by atoms with Crippen molar-refractivity contribution in [3.63, 3.8) is 0 Å². The number of carbonyl (C=O) groups is 2. The molecule has 8 heteroatoms. The monoisotopic (exact) mass is 395 g/mol. The van der Waals surface area contributed by atoms with E-state index in [2.05, 4.69) is 0 Å². The summed E-state index contributed by atoms with van der Waals surface area (Å²) in [6.07, 6.45) is -4.27. The Hall–Kier alpha value is -3.03. The molecular formula is C20H20F3NO4. The van der Waals surface area contributed by atoms with Crippen LogP contribution in [0.5, 0.6) is 5.75 Å². The van der Waals surface area contributed by atoms with Gasteiger partial charge in [0.2, 0.25) is 5.91 Å². The normalized spacial score (nSPS) is 12.3. The van der Waals surface area contributed by atoms with Gasteiger partial charge in [-0.1, -0.05) is 19.1 Å². The molecule has 0 aromatic heterocycles. The SMILES string of the molecule is CC(CC(=O)N(C)c1ccc(OCC(=O)O)cc1)c1ccc(C(F)(F)F)cc1. The molecule has 0 aliphatic rings. The average molecular weight is 395 g/mol. The fourth-order valence-corrected chi connectivity index (χ4v) is 2.57. The number of carboxylic acids is 1. The summed E-state index contributed by atoms with van der Waals surface area (Å²) in [5.74, 6) is -1.18. The molecule has 2 aromatic carbocycles. The van der Waals surface area contributed by atoms with Crippen molar-refractivity contribution in [1.29, 1.82) is 0 Å². The lowest BCUT2D eigenvalue weighted by molar-refractivity contribution is -0.139. The summed E-state index contributed by atoms with van der Waals surface area (Å²) >= 11 is 0.